The van der Waals surface area contributed by atoms with Crippen molar-refractivity contribution in [2.75, 3.05) is 14.1 Å². The van der Waals surface area contributed by atoms with Crippen LogP contribution in [0, 0.1) is 10.4 Å². The SMILES string of the molecule is CNO[NH+]([O-])[NH+]([O-])ONC. The summed E-state index contributed by atoms with van der Waals surface area (Å²) < 4.78 is 0. The third-order valence-corrected chi connectivity index (χ3v) is 0.556. The molecule has 4 N–H and O–H groups in total. The smallest absolute Gasteiger partial charge is 0.0155 e. The summed E-state index contributed by atoms with van der Waals surface area (Å²) in [5, 5.41) is 18.5. The van der Waals surface area contributed by atoms with Crippen LogP contribution in [0.2, 0.25) is 0 Å². The van der Waals surface area contributed by atoms with E-state index >= 15 is 0 Å². The lowest BCUT2D eigenvalue weighted by Gasteiger charge is -2.24. The second kappa shape index (κ2) is 5.46. The maximum atomic E-state index is 10.3. The second-order valence-corrected chi connectivity index (χ2v) is 1.19. The maximum Gasteiger partial charge on any atom is 0.0155 e. The van der Waals surface area contributed by atoms with Gasteiger partial charge in [0.1, 0.15) is 0 Å². The quantitative estimate of drug-likeness (QED) is 0.300. The van der Waals surface area contributed by atoms with Crippen molar-refractivity contribution >= 4 is 0 Å². The molecule has 0 fully saturated rings. The minimum Gasteiger partial charge on any atom is -0.545 e. The van der Waals surface area contributed by atoms with E-state index in [2.05, 4.69) is 9.88 Å². The Balaban J connectivity index is 3.38. The first-order chi connectivity index (χ1) is 4.72. The molecule has 62 valence electrons. The Morgan fingerprint density at radius 3 is 1.50 bits per heavy atom. The Kier molecular flexibility index (Phi) is 5.29. The van der Waals surface area contributed by atoms with Crippen LogP contribution < -0.4 is 21.6 Å². The summed E-state index contributed by atoms with van der Waals surface area (Å²) in [6.07, 6.45) is 0. The Morgan fingerprint density at radius 1 is 1.00 bits per heavy atom. The van der Waals surface area contributed by atoms with Crippen LogP contribution in [0.4, 0.5) is 0 Å². The van der Waals surface area contributed by atoms with Crippen molar-refractivity contribution in [1.29, 1.82) is 0 Å². The van der Waals surface area contributed by atoms with Gasteiger partial charge in [0.05, 0.1) is 0 Å². The van der Waals surface area contributed by atoms with Gasteiger partial charge in [-0.25, -0.2) is 0 Å². The van der Waals surface area contributed by atoms with Crippen molar-refractivity contribution in [3.05, 3.63) is 10.4 Å². The highest BCUT2D eigenvalue weighted by molar-refractivity contribution is 3.84. The molecule has 2 atom stereocenters. The Hall–Kier alpha value is -0.320. The molecule has 0 aromatic heterocycles. The van der Waals surface area contributed by atoms with Gasteiger partial charge >= 0.3 is 0 Å². The van der Waals surface area contributed by atoms with Crippen LogP contribution in [0.25, 0.3) is 0 Å². The highest BCUT2D eigenvalue weighted by atomic mass is 17.1. The van der Waals surface area contributed by atoms with Crippen molar-refractivity contribution in [1.82, 2.24) is 11.0 Å². The predicted octanol–water partition coefficient (Wildman–Crippen LogP) is -4.20. The molecule has 0 aliphatic heterocycles. The number of quaternary nitrogens is 2. The summed E-state index contributed by atoms with van der Waals surface area (Å²) >= 11 is 0. The number of hydrogen-bond acceptors (Lipinski definition) is 6. The molecular formula is C2H10N4O4. The van der Waals surface area contributed by atoms with Gasteiger partial charge in [-0.2, -0.15) is 0 Å². The molecule has 8 nitrogen and oxygen atoms in total. The molecule has 0 aliphatic rings. The monoisotopic (exact) mass is 154 g/mol. The Morgan fingerprint density at radius 2 is 1.30 bits per heavy atom. The molecule has 2 unspecified atom stereocenters. The second-order valence-electron chi connectivity index (χ2n) is 1.19. The van der Waals surface area contributed by atoms with Gasteiger partial charge in [-0.05, 0) is 10.7 Å². The molecule has 0 heterocycles. The van der Waals surface area contributed by atoms with E-state index in [9.17, 15) is 10.4 Å². The van der Waals surface area contributed by atoms with E-state index in [1.165, 1.54) is 14.1 Å². The third kappa shape index (κ3) is 3.66. The van der Waals surface area contributed by atoms with Gasteiger partial charge in [0, 0.05) is 14.1 Å². The third-order valence-electron chi connectivity index (χ3n) is 0.556. The molecule has 0 amide bonds. The fraction of sp³-hybridized carbons (Fsp3) is 1.00. The highest BCUT2D eigenvalue weighted by Crippen LogP contribution is 1.33. The van der Waals surface area contributed by atoms with Gasteiger partial charge in [-0.3, -0.25) is 0 Å². The molecular weight excluding hydrogens is 144 g/mol. The molecule has 0 aromatic rings. The van der Waals surface area contributed by atoms with Gasteiger partial charge in [0.15, 0.2) is 0 Å². The van der Waals surface area contributed by atoms with E-state index in [0.29, 0.717) is 0 Å². The predicted molar refractivity (Wildman–Crippen MR) is 28.9 cm³/mol. The zero-order chi connectivity index (χ0) is 7.98. The molecule has 0 spiro atoms. The summed E-state index contributed by atoms with van der Waals surface area (Å²) in [7, 11) is 2.70. The number of hydroxylamine groups is 2. The maximum absolute atomic E-state index is 10.3. The van der Waals surface area contributed by atoms with E-state index in [1.54, 1.807) is 0 Å². The summed E-state index contributed by atoms with van der Waals surface area (Å²) in [6, 6.07) is 0. The minimum absolute atomic E-state index is 1.10. The van der Waals surface area contributed by atoms with Gasteiger partial charge in [-0.1, -0.05) is 9.88 Å². The first-order valence-corrected chi connectivity index (χ1v) is 2.47. The fourth-order valence-corrected chi connectivity index (χ4v) is 0.269. The van der Waals surface area contributed by atoms with Crippen LogP contribution in [0.3, 0.4) is 0 Å². The van der Waals surface area contributed by atoms with Crippen molar-refractivity contribution < 1.29 is 20.5 Å². The van der Waals surface area contributed by atoms with Crippen LogP contribution in [0.15, 0.2) is 0 Å². The lowest BCUT2D eigenvalue weighted by atomic mass is 11.6. The normalized spacial score (nSPS) is 16.8. The molecule has 0 saturated heterocycles. The average Bonchev–Trinajstić information content (AvgIpc) is 1.89. The highest BCUT2D eigenvalue weighted by Gasteiger charge is 2.04. The number of hydrogen-bond donors (Lipinski definition) is 4. The average molecular weight is 154 g/mol. The molecule has 8 heteroatoms. The topological polar surface area (TPSA) is 97.5 Å². The van der Waals surface area contributed by atoms with Gasteiger partial charge < -0.3 is 10.4 Å². The summed E-state index contributed by atoms with van der Waals surface area (Å²) in [6.45, 7) is 0. The number of rotatable bonds is 5. The van der Waals surface area contributed by atoms with Crippen molar-refractivity contribution in [2.24, 2.45) is 0 Å². The Labute approximate surface area is 57.2 Å². The molecule has 0 saturated carbocycles. The van der Waals surface area contributed by atoms with Crippen LogP contribution in [0.5, 0.6) is 0 Å². The van der Waals surface area contributed by atoms with E-state index in [1.807, 2.05) is 11.0 Å². The largest absolute Gasteiger partial charge is 0.545 e. The van der Waals surface area contributed by atoms with Crippen molar-refractivity contribution in [3.63, 3.8) is 0 Å². The lowest BCUT2D eigenvalue weighted by molar-refractivity contribution is -1.61. The molecule has 0 aliphatic carbocycles. The number of nitrogens with one attached hydrogen (secondary N) is 4. The van der Waals surface area contributed by atoms with E-state index in [0.717, 1.165) is 0 Å². The standard InChI is InChI=1S/C2H10N4O4/c1-3-9-5(7)6(8)10-4-2/h3-6H,1-2H3. The van der Waals surface area contributed by atoms with Gasteiger partial charge in [0.2, 0.25) is 0 Å². The van der Waals surface area contributed by atoms with E-state index < -0.39 is 10.7 Å². The Bertz CT molecular complexity index is 71.7. The zero-order valence-corrected chi connectivity index (χ0v) is 5.63. The van der Waals surface area contributed by atoms with E-state index in [4.69, 9.17) is 0 Å². The summed E-state index contributed by atoms with van der Waals surface area (Å²) in [5.74, 6) is 0. The minimum atomic E-state index is -1.10. The summed E-state index contributed by atoms with van der Waals surface area (Å²) in [5.41, 5.74) is 4.06. The molecule has 0 rings (SSSR count). The van der Waals surface area contributed by atoms with Crippen LogP contribution in [-0.4, -0.2) is 14.1 Å². The molecule has 0 aromatic carbocycles. The van der Waals surface area contributed by atoms with Crippen LogP contribution in [0.1, 0.15) is 0 Å². The molecule has 0 radical (unpaired) electrons. The first-order valence-electron chi connectivity index (χ1n) is 2.47. The van der Waals surface area contributed by atoms with Gasteiger partial charge in [-0.15, -0.1) is 11.0 Å². The van der Waals surface area contributed by atoms with E-state index in [-0.39, 0.29) is 0 Å². The first kappa shape index (κ1) is 9.68. The fourth-order valence-electron chi connectivity index (χ4n) is 0.269. The lowest BCUT2D eigenvalue weighted by Crippen LogP contribution is -3.55. The van der Waals surface area contributed by atoms with Crippen molar-refractivity contribution in [2.45, 2.75) is 0 Å². The van der Waals surface area contributed by atoms with Gasteiger partial charge in [0.25, 0.3) is 0 Å². The van der Waals surface area contributed by atoms with Crippen molar-refractivity contribution in [3.8, 4) is 0 Å². The zero-order valence-electron chi connectivity index (χ0n) is 5.63. The summed E-state index contributed by atoms with van der Waals surface area (Å²) in [4.78, 5) is 8.11. The molecule has 10 heavy (non-hydrogen) atoms. The van der Waals surface area contributed by atoms with Crippen LogP contribution in [-0.2, 0) is 9.88 Å². The van der Waals surface area contributed by atoms with Crippen LogP contribution >= 0.6 is 0 Å². The molecule has 0 bridgehead atoms.